The Labute approximate surface area is 143 Å². The lowest BCUT2D eigenvalue weighted by Crippen LogP contribution is -2.17. The van der Waals surface area contributed by atoms with Crippen molar-refractivity contribution >= 4 is 17.4 Å². The summed E-state index contributed by atoms with van der Waals surface area (Å²) in [5.41, 5.74) is 7.74. The van der Waals surface area contributed by atoms with Crippen molar-refractivity contribution in [2.24, 2.45) is 0 Å². The van der Waals surface area contributed by atoms with Gasteiger partial charge < -0.3 is 15.8 Å². The van der Waals surface area contributed by atoms with Crippen LogP contribution < -0.4 is 15.8 Å². The Balaban J connectivity index is 0.00000225. The first-order valence-corrected chi connectivity index (χ1v) is 7.15. The summed E-state index contributed by atoms with van der Waals surface area (Å²) in [7, 11) is 1.58. The number of benzene rings is 1. The molecule has 0 spiro atoms. The summed E-state index contributed by atoms with van der Waals surface area (Å²) in [5.74, 6) is 0.329. The minimum Gasteiger partial charge on any atom is -0.497 e. The number of nitrogens with two attached hydrogens (primary N) is 1. The van der Waals surface area contributed by atoms with Gasteiger partial charge in [-0.3, -0.25) is 9.78 Å². The predicted octanol–water partition coefficient (Wildman–Crippen LogP) is 3.12. The number of rotatable bonds is 4. The number of amides is 1. The van der Waals surface area contributed by atoms with Crippen LogP contribution in [0.5, 0.6) is 5.75 Å². The molecule has 1 amide bonds. The highest BCUT2D eigenvalue weighted by Crippen LogP contribution is 2.19. The standard InChI is InChI=1S/C17H15N5O2.3H2/c1-24-13-6-4-12(5-7-13)21-17(23)15-16(18)20-10-14(22-15)11-3-2-8-19-9-11;;;/h2-10H,1H3,(H2,18,20)(H,21,23);3*1H. The molecule has 3 aromatic rings. The SMILES string of the molecule is COc1ccc(NC(=O)c2nc(-c3cccnc3)cnc2N)cc1.[HH].[HH].[HH]. The van der Waals surface area contributed by atoms with Crippen LogP contribution in [-0.4, -0.2) is 28.0 Å². The van der Waals surface area contributed by atoms with Crippen molar-refractivity contribution in [2.75, 3.05) is 18.2 Å². The van der Waals surface area contributed by atoms with Crippen LogP contribution in [0.25, 0.3) is 11.3 Å². The minimum absolute atomic E-state index is 0. The van der Waals surface area contributed by atoms with Crippen molar-refractivity contribution in [1.82, 2.24) is 15.0 Å². The third-order valence-electron chi connectivity index (χ3n) is 3.32. The largest absolute Gasteiger partial charge is 0.497 e. The minimum atomic E-state index is -0.434. The number of ether oxygens (including phenoxy) is 1. The highest BCUT2D eigenvalue weighted by molar-refractivity contribution is 6.06. The second-order valence-corrected chi connectivity index (χ2v) is 4.91. The Morgan fingerprint density at radius 3 is 2.67 bits per heavy atom. The second kappa shape index (κ2) is 6.74. The molecule has 2 aromatic heterocycles. The quantitative estimate of drug-likeness (QED) is 0.763. The zero-order valence-corrected chi connectivity index (χ0v) is 12.9. The highest BCUT2D eigenvalue weighted by Gasteiger charge is 2.15. The molecule has 0 bridgehead atoms. The van der Waals surface area contributed by atoms with Crippen LogP contribution in [0.1, 0.15) is 14.8 Å². The molecule has 126 valence electrons. The molecule has 0 saturated carbocycles. The first-order chi connectivity index (χ1) is 11.7. The number of aromatic nitrogens is 3. The summed E-state index contributed by atoms with van der Waals surface area (Å²) in [6.45, 7) is 0. The number of nitrogens with one attached hydrogen (secondary N) is 1. The monoisotopic (exact) mass is 327 g/mol. The number of methoxy groups -OCH3 is 1. The number of carbonyl (C=O) groups excluding carboxylic acids is 1. The number of pyridine rings is 1. The first-order valence-electron chi connectivity index (χ1n) is 7.15. The van der Waals surface area contributed by atoms with Crippen LogP contribution in [0.3, 0.4) is 0 Å². The van der Waals surface area contributed by atoms with E-state index in [4.69, 9.17) is 10.5 Å². The molecular weight excluding hydrogens is 306 g/mol. The summed E-state index contributed by atoms with van der Waals surface area (Å²) in [6, 6.07) is 10.6. The fourth-order valence-electron chi connectivity index (χ4n) is 2.08. The van der Waals surface area contributed by atoms with E-state index in [0.29, 0.717) is 17.1 Å². The number of anilines is 2. The Bertz CT molecular complexity index is 864. The summed E-state index contributed by atoms with van der Waals surface area (Å²) >= 11 is 0. The van der Waals surface area contributed by atoms with Gasteiger partial charge in [0.1, 0.15) is 5.75 Å². The number of hydrogen-bond acceptors (Lipinski definition) is 6. The Kier molecular flexibility index (Phi) is 4.33. The molecule has 0 aliphatic carbocycles. The topological polar surface area (TPSA) is 103 Å². The lowest BCUT2D eigenvalue weighted by atomic mass is 10.2. The molecule has 0 fully saturated rings. The van der Waals surface area contributed by atoms with Gasteiger partial charge in [0, 0.05) is 27.9 Å². The third kappa shape index (κ3) is 3.30. The molecule has 24 heavy (non-hydrogen) atoms. The van der Waals surface area contributed by atoms with Crippen molar-refractivity contribution in [3.63, 3.8) is 0 Å². The average Bonchev–Trinajstić information content (AvgIpc) is 2.63. The first kappa shape index (κ1) is 15.4. The predicted molar refractivity (Wildman–Crippen MR) is 97.0 cm³/mol. The van der Waals surface area contributed by atoms with Crippen molar-refractivity contribution in [3.8, 4) is 17.0 Å². The van der Waals surface area contributed by atoms with E-state index in [2.05, 4.69) is 20.3 Å². The van der Waals surface area contributed by atoms with E-state index < -0.39 is 5.91 Å². The lowest BCUT2D eigenvalue weighted by molar-refractivity contribution is 0.102. The van der Waals surface area contributed by atoms with Crippen LogP contribution >= 0.6 is 0 Å². The molecule has 7 heteroatoms. The van der Waals surface area contributed by atoms with Gasteiger partial charge in [0.05, 0.1) is 19.0 Å². The third-order valence-corrected chi connectivity index (χ3v) is 3.32. The van der Waals surface area contributed by atoms with Crippen molar-refractivity contribution < 1.29 is 13.8 Å². The van der Waals surface area contributed by atoms with Crippen LogP contribution in [-0.2, 0) is 0 Å². The fraction of sp³-hybridized carbons (Fsp3) is 0.0588. The second-order valence-electron chi connectivity index (χ2n) is 4.91. The molecule has 1 aromatic carbocycles. The summed E-state index contributed by atoms with van der Waals surface area (Å²) in [5, 5.41) is 2.74. The van der Waals surface area contributed by atoms with Gasteiger partial charge in [0.15, 0.2) is 11.5 Å². The zero-order valence-electron chi connectivity index (χ0n) is 12.9. The Hall–Kier alpha value is -3.48. The molecule has 0 aliphatic rings. The van der Waals surface area contributed by atoms with Gasteiger partial charge in [0.25, 0.3) is 5.91 Å². The lowest BCUT2D eigenvalue weighted by Gasteiger charge is -2.08. The van der Waals surface area contributed by atoms with Crippen LogP contribution in [0.4, 0.5) is 11.5 Å². The van der Waals surface area contributed by atoms with E-state index in [0.717, 1.165) is 5.56 Å². The van der Waals surface area contributed by atoms with E-state index >= 15 is 0 Å². The molecule has 3 N–H and O–H groups in total. The van der Waals surface area contributed by atoms with Gasteiger partial charge in [0.2, 0.25) is 0 Å². The Morgan fingerprint density at radius 1 is 1.21 bits per heavy atom. The van der Waals surface area contributed by atoms with Crippen LogP contribution in [0, 0.1) is 0 Å². The zero-order chi connectivity index (χ0) is 16.9. The molecule has 7 nitrogen and oxygen atoms in total. The summed E-state index contributed by atoms with van der Waals surface area (Å²) in [6.07, 6.45) is 4.81. The smallest absolute Gasteiger partial charge is 0.278 e. The molecule has 0 saturated heterocycles. The van der Waals surface area contributed by atoms with Gasteiger partial charge in [-0.05, 0) is 36.4 Å². The van der Waals surface area contributed by atoms with Gasteiger partial charge in [-0.25, -0.2) is 9.97 Å². The molecule has 2 heterocycles. The molecule has 0 radical (unpaired) electrons. The molecule has 0 aliphatic heterocycles. The maximum absolute atomic E-state index is 12.4. The van der Waals surface area contributed by atoms with Gasteiger partial charge >= 0.3 is 0 Å². The molecular formula is C17H21N5O2. The Morgan fingerprint density at radius 2 is 2.00 bits per heavy atom. The van der Waals surface area contributed by atoms with E-state index in [1.165, 1.54) is 6.20 Å². The molecule has 0 unspecified atom stereocenters. The number of nitrogens with zero attached hydrogens (tertiary/aromatic N) is 3. The van der Waals surface area contributed by atoms with E-state index in [-0.39, 0.29) is 15.8 Å². The van der Waals surface area contributed by atoms with Gasteiger partial charge in [-0.2, -0.15) is 0 Å². The number of nitrogen functional groups attached to an aromatic ring is 1. The average molecular weight is 327 g/mol. The highest BCUT2D eigenvalue weighted by atomic mass is 16.5. The van der Waals surface area contributed by atoms with E-state index in [9.17, 15) is 4.79 Å². The van der Waals surface area contributed by atoms with Crippen molar-refractivity contribution in [3.05, 3.63) is 60.7 Å². The maximum atomic E-state index is 12.4. The summed E-state index contributed by atoms with van der Waals surface area (Å²) < 4.78 is 5.08. The molecule has 0 atom stereocenters. The molecule has 3 rings (SSSR count). The van der Waals surface area contributed by atoms with E-state index in [1.54, 1.807) is 49.8 Å². The summed E-state index contributed by atoms with van der Waals surface area (Å²) in [4.78, 5) is 24.8. The van der Waals surface area contributed by atoms with Crippen LogP contribution in [0.2, 0.25) is 0 Å². The fourth-order valence-corrected chi connectivity index (χ4v) is 2.08. The number of carbonyl (C=O) groups is 1. The number of hydrogen-bond donors (Lipinski definition) is 2. The van der Waals surface area contributed by atoms with Gasteiger partial charge in [-0.15, -0.1) is 0 Å². The van der Waals surface area contributed by atoms with Crippen LogP contribution in [0.15, 0.2) is 55.0 Å². The van der Waals surface area contributed by atoms with Crippen molar-refractivity contribution in [1.29, 1.82) is 0 Å². The van der Waals surface area contributed by atoms with Gasteiger partial charge in [-0.1, -0.05) is 0 Å². The maximum Gasteiger partial charge on any atom is 0.278 e. The van der Waals surface area contributed by atoms with Crippen molar-refractivity contribution in [2.45, 2.75) is 0 Å². The normalized spacial score (nSPS) is 10.2. The van der Waals surface area contributed by atoms with E-state index in [1.807, 2.05) is 6.07 Å².